The molecule has 2 aromatic rings. The van der Waals surface area contributed by atoms with E-state index in [1.807, 2.05) is 24.3 Å². The molecule has 21 heavy (non-hydrogen) atoms. The van der Waals surface area contributed by atoms with Gasteiger partial charge in [-0.15, -0.1) is 0 Å². The van der Waals surface area contributed by atoms with Crippen LogP contribution in [0.1, 0.15) is 12.1 Å². The molecule has 0 radical (unpaired) electrons. The van der Waals surface area contributed by atoms with Gasteiger partial charge in [-0.25, -0.2) is 0 Å². The molecule has 0 aliphatic rings. The quantitative estimate of drug-likeness (QED) is 0.717. The van der Waals surface area contributed by atoms with Gasteiger partial charge in [-0.05, 0) is 12.1 Å². The van der Waals surface area contributed by atoms with Crippen molar-refractivity contribution in [3.05, 3.63) is 36.0 Å². The number of methoxy groups -OCH3 is 1. The molecular formula is C16H21NO4. The predicted molar refractivity (Wildman–Crippen MR) is 80.5 cm³/mol. The van der Waals surface area contributed by atoms with Crippen molar-refractivity contribution in [2.75, 3.05) is 33.5 Å². The summed E-state index contributed by atoms with van der Waals surface area (Å²) in [7, 11) is 1.65. The van der Waals surface area contributed by atoms with Crippen LogP contribution in [0.3, 0.4) is 0 Å². The largest absolute Gasteiger partial charge is 0.493 e. The summed E-state index contributed by atoms with van der Waals surface area (Å²) < 4.78 is 16.1. The zero-order valence-electron chi connectivity index (χ0n) is 12.2. The SMILES string of the molecule is COCCOCCCOc1cc(CO)nc2ccccc12. The molecule has 1 N–H and O–H groups in total. The molecule has 0 amide bonds. The summed E-state index contributed by atoms with van der Waals surface area (Å²) in [5, 5.41) is 10.2. The van der Waals surface area contributed by atoms with Crippen LogP contribution >= 0.6 is 0 Å². The minimum absolute atomic E-state index is 0.0959. The third-order valence-electron chi connectivity index (χ3n) is 3.02. The van der Waals surface area contributed by atoms with Gasteiger partial charge in [0.15, 0.2) is 0 Å². The Kier molecular flexibility index (Phi) is 6.40. The number of pyridine rings is 1. The van der Waals surface area contributed by atoms with E-state index in [1.54, 1.807) is 13.2 Å². The van der Waals surface area contributed by atoms with Gasteiger partial charge in [0.05, 0.1) is 37.6 Å². The molecule has 0 saturated carbocycles. The molecule has 114 valence electrons. The van der Waals surface area contributed by atoms with Crippen molar-refractivity contribution in [3.8, 4) is 5.75 Å². The van der Waals surface area contributed by atoms with Crippen LogP contribution in [0.15, 0.2) is 30.3 Å². The second-order valence-electron chi connectivity index (χ2n) is 4.59. The Labute approximate surface area is 124 Å². The molecule has 1 aromatic heterocycles. The van der Waals surface area contributed by atoms with E-state index in [9.17, 15) is 5.11 Å². The number of para-hydroxylation sites is 1. The zero-order valence-corrected chi connectivity index (χ0v) is 12.2. The summed E-state index contributed by atoms with van der Waals surface area (Å²) in [6, 6.07) is 9.53. The number of aliphatic hydroxyl groups excluding tert-OH is 1. The minimum Gasteiger partial charge on any atom is -0.493 e. The molecule has 0 bridgehead atoms. The molecule has 0 unspecified atom stereocenters. The van der Waals surface area contributed by atoms with Crippen LogP contribution < -0.4 is 4.74 Å². The highest BCUT2D eigenvalue weighted by atomic mass is 16.5. The number of aromatic nitrogens is 1. The molecule has 0 fully saturated rings. The number of hydrogen-bond acceptors (Lipinski definition) is 5. The van der Waals surface area contributed by atoms with Gasteiger partial charge in [-0.1, -0.05) is 12.1 Å². The van der Waals surface area contributed by atoms with Crippen molar-refractivity contribution in [3.63, 3.8) is 0 Å². The van der Waals surface area contributed by atoms with Crippen LogP contribution in [0.4, 0.5) is 0 Å². The van der Waals surface area contributed by atoms with E-state index < -0.39 is 0 Å². The molecule has 0 spiro atoms. The lowest BCUT2D eigenvalue weighted by molar-refractivity contribution is 0.0645. The van der Waals surface area contributed by atoms with E-state index >= 15 is 0 Å². The lowest BCUT2D eigenvalue weighted by Crippen LogP contribution is -2.07. The van der Waals surface area contributed by atoms with Crippen molar-refractivity contribution < 1.29 is 19.3 Å². The molecular weight excluding hydrogens is 270 g/mol. The zero-order chi connectivity index (χ0) is 14.9. The molecule has 0 saturated heterocycles. The molecule has 2 rings (SSSR count). The number of rotatable bonds is 9. The van der Waals surface area contributed by atoms with E-state index in [0.717, 1.165) is 23.1 Å². The second-order valence-corrected chi connectivity index (χ2v) is 4.59. The lowest BCUT2D eigenvalue weighted by atomic mass is 10.2. The van der Waals surface area contributed by atoms with Gasteiger partial charge in [-0.3, -0.25) is 4.98 Å². The fourth-order valence-corrected chi connectivity index (χ4v) is 1.98. The Morgan fingerprint density at radius 1 is 1.10 bits per heavy atom. The molecule has 0 atom stereocenters. The number of aliphatic hydroxyl groups is 1. The highest BCUT2D eigenvalue weighted by molar-refractivity contribution is 5.85. The summed E-state index contributed by atoms with van der Waals surface area (Å²) in [5.74, 6) is 0.751. The molecule has 5 nitrogen and oxygen atoms in total. The van der Waals surface area contributed by atoms with Crippen LogP contribution in [-0.4, -0.2) is 43.6 Å². The van der Waals surface area contributed by atoms with Crippen LogP contribution in [-0.2, 0) is 16.1 Å². The fourth-order valence-electron chi connectivity index (χ4n) is 1.98. The summed E-state index contributed by atoms with van der Waals surface area (Å²) in [6.07, 6.45) is 0.800. The fraction of sp³-hybridized carbons (Fsp3) is 0.438. The smallest absolute Gasteiger partial charge is 0.130 e. The molecule has 5 heteroatoms. The standard InChI is InChI=1S/C16H21NO4/c1-19-9-10-20-7-4-8-21-16-11-13(12-18)17-15-6-3-2-5-14(15)16/h2-3,5-6,11,18H,4,7-10,12H2,1H3. The van der Waals surface area contributed by atoms with Crippen molar-refractivity contribution in [2.24, 2.45) is 0 Å². The van der Waals surface area contributed by atoms with Crippen LogP contribution in [0.25, 0.3) is 10.9 Å². The monoisotopic (exact) mass is 291 g/mol. The topological polar surface area (TPSA) is 60.8 Å². The van der Waals surface area contributed by atoms with E-state index in [1.165, 1.54) is 0 Å². The van der Waals surface area contributed by atoms with Gasteiger partial charge in [0, 0.05) is 31.6 Å². The van der Waals surface area contributed by atoms with Gasteiger partial charge in [-0.2, -0.15) is 0 Å². The summed E-state index contributed by atoms with van der Waals surface area (Å²) in [5.41, 5.74) is 1.44. The van der Waals surface area contributed by atoms with Gasteiger partial charge < -0.3 is 19.3 Å². The summed E-state index contributed by atoms with van der Waals surface area (Å²) in [6.45, 7) is 2.31. The molecule has 0 aliphatic heterocycles. The first-order chi connectivity index (χ1) is 10.3. The van der Waals surface area contributed by atoms with Crippen LogP contribution in [0.2, 0.25) is 0 Å². The maximum absolute atomic E-state index is 9.26. The molecule has 1 aromatic carbocycles. The summed E-state index contributed by atoms with van der Waals surface area (Å²) >= 11 is 0. The Hall–Kier alpha value is -1.69. The first-order valence-electron chi connectivity index (χ1n) is 7.04. The molecule has 1 heterocycles. The lowest BCUT2D eigenvalue weighted by Gasteiger charge is -2.11. The van der Waals surface area contributed by atoms with Crippen molar-refractivity contribution in [2.45, 2.75) is 13.0 Å². The first-order valence-corrected chi connectivity index (χ1v) is 7.04. The second kappa shape index (κ2) is 8.56. The first kappa shape index (κ1) is 15.7. The third-order valence-corrected chi connectivity index (χ3v) is 3.02. The Balaban J connectivity index is 1.91. The number of ether oxygens (including phenoxy) is 3. The highest BCUT2D eigenvalue weighted by Gasteiger charge is 2.06. The van der Waals surface area contributed by atoms with Gasteiger partial charge >= 0.3 is 0 Å². The van der Waals surface area contributed by atoms with E-state index in [2.05, 4.69) is 4.98 Å². The predicted octanol–water partition coefficient (Wildman–Crippen LogP) is 2.16. The molecule has 0 aliphatic carbocycles. The Morgan fingerprint density at radius 2 is 1.95 bits per heavy atom. The Bertz CT molecular complexity index is 559. The normalized spacial score (nSPS) is 11.0. The minimum atomic E-state index is -0.0959. The van der Waals surface area contributed by atoms with Crippen molar-refractivity contribution in [1.29, 1.82) is 0 Å². The van der Waals surface area contributed by atoms with E-state index in [4.69, 9.17) is 14.2 Å². The van der Waals surface area contributed by atoms with Gasteiger partial charge in [0.25, 0.3) is 0 Å². The van der Waals surface area contributed by atoms with Crippen LogP contribution in [0.5, 0.6) is 5.75 Å². The van der Waals surface area contributed by atoms with Crippen molar-refractivity contribution >= 4 is 10.9 Å². The van der Waals surface area contributed by atoms with Gasteiger partial charge in [0.2, 0.25) is 0 Å². The Morgan fingerprint density at radius 3 is 2.76 bits per heavy atom. The highest BCUT2D eigenvalue weighted by Crippen LogP contribution is 2.25. The number of nitrogens with zero attached hydrogens (tertiary/aromatic N) is 1. The number of fused-ring (bicyclic) bond motifs is 1. The number of benzene rings is 1. The van der Waals surface area contributed by atoms with Crippen LogP contribution in [0, 0.1) is 0 Å². The van der Waals surface area contributed by atoms with Gasteiger partial charge in [0.1, 0.15) is 5.75 Å². The van der Waals surface area contributed by atoms with E-state index in [-0.39, 0.29) is 6.61 Å². The maximum atomic E-state index is 9.26. The summed E-state index contributed by atoms with van der Waals surface area (Å²) in [4.78, 5) is 4.36. The van der Waals surface area contributed by atoms with E-state index in [0.29, 0.717) is 32.1 Å². The maximum Gasteiger partial charge on any atom is 0.130 e. The number of hydrogen-bond donors (Lipinski definition) is 1. The average molecular weight is 291 g/mol. The average Bonchev–Trinajstić information content (AvgIpc) is 2.53. The third kappa shape index (κ3) is 4.67. The van der Waals surface area contributed by atoms with Crippen molar-refractivity contribution in [1.82, 2.24) is 4.98 Å².